The lowest BCUT2D eigenvalue weighted by molar-refractivity contribution is -0.545. The van der Waals surface area contributed by atoms with Gasteiger partial charge in [-0.05, 0) is 25.6 Å². The highest BCUT2D eigenvalue weighted by Gasteiger charge is 2.26. The van der Waals surface area contributed by atoms with Gasteiger partial charge in [-0.15, -0.1) is 0 Å². The first-order chi connectivity index (χ1) is 4.25. The highest BCUT2D eigenvalue weighted by molar-refractivity contribution is 9.22. The van der Waals surface area contributed by atoms with Gasteiger partial charge in [-0.1, -0.05) is 0 Å². The lowest BCUT2D eigenvalue weighted by atomic mass is 10.4. The smallest absolute Gasteiger partial charge is 0.215 e. The van der Waals surface area contributed by atoms with Gasteiger partial charge >= 0.3 is 0 Å². The predicted octanol–water partition coefficient (Wildman–Crippen LogP) is 1.91. The molecular weight excluding hydrogens is 198 g/mol. The number of nitrogens with zero attached hydrogens (tertiary/aromatic N) is 1. The Morgan fingerprint density at radius 1 is 1.89 bits per heavy atom. The zero-order valence-corrected chi connectivity index (χ0v) is 8.13. The molecule has 0 spiro atoms. The molecule has 0 saturated carbocycles. The van der Waals surface area contributed by atoms with E-state index in [4.69, 9.17) is 0 Å². The van der Waals surface area contributed by atoms with Crippen molar-refractivity contribution in [3.8, 4) is 0 Å². The van der Waals surface area contributed by atoms with Crippen LogP contribution in [-0.4, -0.2) is 26.9 Å². The molecular formula is C6H11BrNS+. The van der Waals surface area contributed by atoms with Crippen molar-refractivity contribution in [1.29, 1.82) is 0 Å². The van der Waals surface area contributed by atoms with Crippen molar-refractivity contribution in [1.82, 2.24) is 0 Å². The zero-order chi connectivity index (χ0) is 6.85. The Hall–Kier alpha value is 0.500. The molecule has 1 atom stereocenters. The average molecular weight is 209 g/mol. The largest absolute Gasteiger partial charge is 0.278 e. The van der Waals surface area contributed by atoms with E-state index in [-0.39, 0.29) is 0 Å². The maximum absolute atomic E-state index is 3.51. The minimum Gasteiger partial charge on any atom is -0.215 e. The first-order valence-electron chi connectivity index (χ1n) is 3.17. The van der Waals surface area contributed by atoms with Crippen LogP contribution in [0.2, 0.25) is 0 Å². The predicted molar refractivity (Wildman–Crippen MR) is 46.7 cm³/mol. The molecule has 0 fully saturated rings. The number of hydrogen-bond donors (Lipinski definition) is 0. The standard InChI is InChI=1S/C6H11BrNS/c1-3-8-5(2)4-9-6(8)7/h5H,3-4H2,1-2H3/q+1. The fourth-order valence-corrected chi connectivity index (χ4v) is 3.00. The number of thioether (sulfide) groups is 1. The Bertz CT molecular complexity index is 144. The van der Waals surface area contributed by atoms with Gasteiger partial charge in [-0.3, -0.25) is 0 Å². The summed E-state index contributed by atoms with van der Waals surface area (Å²) in [5.41, 5.74) is 0. The lowest BCUT2D eigenvalue weighted by Gasteiger charge is -1.98. The van der Waals surface area contributed by atoms with Crippen molar-refractivity contribution in [2.75, 3.05) is 12.3 Å². The summed E-state index contributed by atoms with van der Waals surface area (Å²) in [7, 11) is 0. The van der Waals surface area contributed by atoms with Gasteiger partial charge in [0.15, 0.2) is 6.04 Å². The Morgan fingerprint density at radius 2 is 2.56 bits per heavy atom. The monoisotopic (exact) mass is 208 g/mol. The molecule has 0 aromatic heterocycles. The van der Waals surface area contributed by atoms with Gasteiger partial charge in [0.1, 0.15) is 6.54 Å². The van der Waals surface area contributed by atoms with E-state index in [0.717, 1.165) is 12.6 Å². The second-order valence-electron chi connectivity index (χ2n) is 2.20. The van der Waals surface area contributed by atoms with Crippen LogP contribution in [0.25, 0.3) is 0 Å². The lowest BCUT2D eigenvalue weighted by Crippen LogP contribution is -2.21. The van der Waals surface area contributed by atoms with Crippen molar-refractivity contribution in [3.63, 3.8) is 0 Å². The van der Waals surface area contributed by atoms with E-state index in [1.165, 1.54) is 9.71 Å². The van der Waals surface area contributed by atoms with Gasteiger partial charge in [-0.25, -0.2) is 4.58 Å². The van der Waals surface area contributed by atoms with Crippen molar-refractivity contribution < 1.29 is 4.58 Å². The van der Waals surface area contributed by atoms with Gasteiger partial charge in [-0.2, -0.15) is 0 Å². The summed E-state index contributed by atoms with van der Waals surface area (Å²) in [5.74, 6) is 1.23. The first-order valence-corrected chi connectivity index (χ1v) is 4.95. The SMILES string of the molecule is CC[N+]1=C(Br)SCC1C. The van der Waals surface area contributed by atoms with E-state index in [2.05, 4.69) is 34.4 Å². The van der Waals surface area contributed by atoms with Gasteiger partial charge in [0.2, 0.25) is 0 Å². The molecule has 0 amide bonds. The zero-order valence-electron chi connectivity index (χ0n) is 5.72. The van der Waals surface area contributed by atoms with Crippen molar-refractivity contribution in [2.45, 2.75) is 19.9 Å². The molecule has 1 rings (SSSR count). The summed E-state index contributed by atoms with van der Waals surface area (Å²) in [5, 5.41) is 0. The van der Waals surface area contributed by atoms with E-state index in [1.807, 2.05) is 11.8 Å². The molecule has 52 valence electrons. The third-order valence-corrected chi connectivity index (χ3v) is 3.81. The Labute approximate surface area is 68.7 Å². The maximum Gasteiger partial charge on any atom is 0.278 e. The number of hydrogen-bond acceptors (Lipinski definition) is 1. The molecule has 1 aliphatic rings. The van der Waals surface area contributed by atoms with E-state index in [1.54, 1.807) is 0 Å². The van der Waals surface area contributed by atoms with Crippen molar-refractivity contribution in [2.24, 2.45) is 0 Å². The van der Waals surface area contributed by atoms with E-state index >= 15 is 0 Å². The number of rotatable bonds is 1. The summed E-state index contributed by atoms with van der Waals surface area (Å²) in [6, 6.07) is 0.717. The summed E-state index contributed by atoms with van der Waals surface area (Å²) < 4.78 is 3.67. The molecule has 1 aliphatic heterocycles. The van der Waals surface area contributed by atoms with Crippen LogP contribution in [0.1, 0.15) is 13.8 Å². The molecule has 1 nitrogen and oxygen atoms in total. The average Bonchev–Trinajstić information content (AvgIpc) is 2.12. The van der Waals surface area contributed by atoms with Crippen LogP contribution in [0.3, 0.4) is 0 Å². The molecule has 0 aromatic carbocycles. The van der Waals surface area contributed by atoms with E-state index in [0.29, 0.717) is 0 Å². The highest BCUT2D eigenvalue weighted by atomic mass is 79.9. The third kappa shape index (κ3) is 1.49. The van der Waals surface area contributed by atoms with Crippen LogP contribution < -0.4 is 0 Å². The maximum atomic E-state index is 3.51. The molecule has 0 N–H and O–H groups in total. The third-order valence-electron chi connectivity index (χ3n) is 1.54. The second-order valence-corrected chi connectivity index (χ2v) is 4.48. The summed E-state index contributed by atoms with van der Waals surface area (Å²) in [6.07, 6.45) is 0. The van der Waals surface area contributed by atoms with Gasteiger partial charge < -0.3 is 0 Å². The minimum atomic E-state index is 0.717. The molecule has 0 bridgehead atoms. The quantitative estimate of drug-likeness (QED) is 0.596. The summed E-state index contributed by atoms with van der Waals surface area (Å²) in [6.45, 7) is 5.56. The van der Waals surface area contributed by atoms with Crippen molar-refractivity contribution in [3.05, 3.63) is 0 Å². The Balaban J connectivity index is 2.69. The van der Waals surface area contributed by atoms with E-state index < -0.39 is 0 Å². The first kappa shape index (κ1) is 7.61. The fraction of sp³-hybridized carbons (Fsp3) is 0.833. The summed E-state index contributed by atoms with van der Waals surface area (Å²) in [4.78, 5) is 0. The molecule has 1 unspecified atom stereocenters. The highest BCUT2D eigenvalue weighted by Crippen LogP contribution is 2.20. The van der Waals surface area contributed by atoms with Gasteiger partial charge in [0, 0.05) is 15.9 Å². The van der Waals surface area contributed by atoms with Crippen LogP contribution in [0.5, 0.6) is 0 Å². The molecule has 0 saturated heterocycles. The van der Waals surface area contributed by atoms with Crippen LogP contribution in [0, 0.1) is 0 Å². The summed E-state index contributed by atoms with van der Waals surface area (Å²) >= 11 is 5.41. The molecule has 1 heterocycles. The molecule has 9 heavy (non-hydrogen) atoms. The minimum absolute atomic E-state index is 0.717. The fourth-order valence-electron chi connectivity index (χ4n) is 0.972. The normalized spacial score (nSPS) is 27.7. The number of halogens is 1. The molecule has 0 aliphatic carbocycles. The Kier molecular flexibility index (Phi) is 2.59. The molecule has 0 aromatic rings. The van der Waals surface area contributed by atoms with Crippen LogP contribution in [0.4, 0.5) is 0 Å². The second kappa shape index (κ2) is 3.06. The molecule has 3 heteroatoms. The van der Waals surface area contributed by atoms with Crippen LogP contribution >= 0.6 is 27.7 Å². The van der Waals surface area contributed by atoms with Crippen LogP contribution in [0.15, 0.2) is 0 Å². The van der Waals surface area contributed by atoms with Crippen molar-refractivity contribution >= 4 is 31.6 Å². The molecule has 0 radical (unpaired) electrons. The topological polar surface area (TPSA) is 3.01 Å². The van der Waals surface area contributed by atoms with Gasteiger partial charge in [0.05, 0.1) is 5.75 Å². The Morgan fingerprint density at radius 3 is 2.78 bits per heavy atom. The van der Waals surface area contributed by atoms with Gasteiger partial charge in [0.25, 0.3) is 3.95 Å². The van der Waals surface area contributed by atoms with Crippen LogP contribution in [-0.2, 0) is 0 Å². The van der Waals surface area contributed by atoms with E-state index in [9.17, 15) is 0 Å².